The highest BCUT2D eigenvalue weighted by Gasteiger charge is 2.02. The molecule has 0 heterocycles. The van der Waals surface area contributed by atoms with E-state index in [2.05, 4.69) is 5.32 Å². The van der Waals surface area contributed by atoms with Crippen molar-refractivity contribution in [3.8, 4) is 5.75 Å². The summed E-state index contributed by atoms with van der Waals surface area (Å²) in [6.07, 6.45) is 0. The van der Waals surface area contributed by atoms with Crippen molar-refractivity contribution in [3.63, 3.8) is 0 Å². The molecule has 0 aliphatic rings. The number of hydrogen-bond acceptors (Lipinski definition) is 3. The standard InChI is InChI=1S/C16H17F2NO2/c1-20-8-9-21-14-5-3-13(4-6-14)19-11-12-2-7-15(17)16(18)10-12/h2-7,10,19H,8-9,11H2,1H3. The number of ether oxygens (including phenoxy) is 2. The third-order valence-electron chi connectivity index (χ3n) is 2.89. The van der Waals surface area contributed by atoms with Gasteiger partial charge in [-0.25, -0.2) is 8.78 Å². The zero-order valence-electron chi connectivity index (χ0n) is 11.7. The van der Waals surface area contributed by atoms with Gasteiger partial charge in [-0.15, -0.1) is 0 Å². The first-order chi connectivity index (χ1) is 10.2. The number of halogens is 2. The van der Waals surface area contributed by atoms with Crippen molar-refractivity contribution in [2.24, 2.45) is 0 Å². The Morgan fingerprint density at radius 1 is 0.952 bits per heavy atom. The lowest BCUT2D eigenvalue weighted by atomic mass is 10.2. The number of benzene rings is 2. The first kappa shape index (κ1) is 15.3. The fraction of sp³-hybridized carbons (Fsp3) is 0.250. The van der Waals surface area contributed by atoms with Gasteiger partial charge in [0.05, 0.1) is 6.61 Å². The van der Waals surface area contributed by atoms with Crippen molar-refractivity contribution in [1.29, 1.82) is 0 Å². The van der Waals surface area contributed by atoms with Crippen LogP contribution in [0.2, 0.25) is 0 Å². The highest BCUT2D eigenvalue weighted by atomic mass is 19.2. The number of nitrogens with one attached hydrogen (secondary N) is 1. The Morgan fingerprint density at radius 3 is 2.38 bits per heavy atom. The molecule has 1 N–H and O–H groups in total. The number of methoxy groups -OCH3 is 1. The fourth-order valence-electron chi connectivity index (χ4n) is 1.77. The maximum absolute atomic E-state index is 13.1. The van der Waals surface area contributed by atoms with Gasteiger partial charge in [-0.3, -0.25) is 0 Å². The summed E-state index contributed by atoms with van der Waals surface area (Å²) in [5, 5.41) is 3.13. The summed E-state index contributed by atoms with van der Waals surface area (Å²) < 4.78 is 36.2. The maximum Gasteiger partial charge on any atom is 0.159 e. The first-order valence-corrected chi connectivity index (χ1v) is 6.58. The van der Waals surface area contributed by atoms with E-state index in [0.29, 0.717) is 25.3 Å². The summed E-state index contributed by atoms with van der Waals surface area (Å²) in [6.45, 7) is 1.45. The van der Waals surface area contributed by atoms with E-state index in [0.717, 1.165) is 17.5 Å². The van der Waals surface area contributed by atoms with Crippen LogP contribution in [0.3, 0.4) is 0 Å². The summed E-state index contributed by atoms with van der Waals surface area (Å²) in [5.74, 6) is -0.919. The van der Waals surface area contributed by atoms with Crippen LogP contribution in [0.4, 0.5) is 14.5 Å². The molecule has 0 saturated heterocycles. The molecule has 112 valence electrons. The molecule has 3 nitrogen and oxygen atoms in total. The Hall–Kier alpha value is -2.14. The molecule has 0 unspecified atom stereocenters. The minimum Gasteiger partial charge on any atom is -0.491 e. The van der Waals surface area contributed by atoms with Gasteiger partial charge in [0, 0.05) is 19.3 Å². The van der Waals surface area contributed by atoms with Gasteiger partial charge < -0.3 is 14.8 Å². The van der Waals surface area contributed by atoms with Crippen LogP contribution in [0.15, 0.2) is 42.5 Å². The van der Waals surface area contributed by atoms with Crippen molar-refractivity contribution < 1.29 is 18.3 Å². The van der Waals surface area contributed by atoms with Gasteiger partial charge >= 0.3 is 0 Å². The second-order valence-corrected chi connectivity index (χ2v) is 4.47. The Balaban J connectivity index is 1.86. The monoisotopic (exact) mass is 293 g/mol. The van der Waals surface area contributed by atoms with Crippen molar-refractivity contribution in [2.75, 3.05) is 25.6 Å². The van der Waals surface area contributed by atoms with E-state index in [1.54, 1.807) is 13.2 Å². The van der Waals surface area contributed by atoms with Crippen molar-refractivity contribution in [3.05, 3.63) is 59.7 Å². The fourth-order valence-corrected chi connectivity index (χ4v) is 1.77. The van der Waals surface area contributed by atoms with E-state index in [9.17, 15) is 8.78 Å². The van der Waals surface area contributed by atoms with Crippen LogP contribution in [0.1, 0.15) is 5.56 Å². The maximum atomic E-state index is 13.1. The molecule has 0 radical (unpaired) electrons. The molecule has 0 aliphatic carbocycles. The molecule has 0 atom stereocenters. The average molecular weight is 293 g/mol. The predicted molar refractivity (Wildman–Crippen MR) is 77.5 cm³/mol. The molecule has 0 amide bonds. The third-order valence-corrected chi connectivity index (χ3v) is 2.89. The molecule has 0 spiro atoms. The van der Waals surface area contributed by atoms with E-state index in [1.807, 2.05) is 24.3 Å². The van der Waals surface area contributed by atoms with E-state index >= 15 is 0 Å². The minimum atomic E-state index is -0.837. The molecule has 0 aliphatic heterocycles. The molecular formula is C16H17F2NO2. The SMILES string of the molecule is COCCOc1ccc(NCc2ccc(F)c(F)c2)cc1. The average Bonchev–Trinajstić information content (AvgIpc) is 2.50. The van der Waals surface area contributed by atoms with E-state index in [1.165, 1.54) is 6.07 Å². The van der Waals surface area contributed by atoms with Crippen LogP contribution in [-0.4, -0.2) is 20.3 Å². The normalized spacial score (nSPS) is 10.4. The molecule has 0 saturated carbocycles. The summed E-state index contributed by atoms with van der Waals surface area (Å²) in [7, 11) is 1.62. The van der Waals surface area contributed by atoms with Crippen LogP contribution in [0, 0.1) is 11.6 Å². The molecule has 0 bridgehead atoms. The van der Waals surface area contributed by atoms with Crippen LogP contribution >= 0.6 is 0 Å². The number of rotatable bonds is 7. The molecule has 0 fully saturated rings. The summed E-state index contributed by atoms with van der Waals surface area (Å²) in [5.41, 5.74) is 1.55. The van der Waals surface area contributed by atoms with Gasteiger partial charge in [-0.2, -0.15) is 0 Å². The van der Waals surface area contributed by atoms with Crippen LogP contribution in [0.5, 0.6) is 5.75 Å². The zero-order valence-corrected chi connectivity index (χ0v) is 11.7. The van der Waals surface area contributed by atoms with Gasteiger partial charge in [0.25, 0.3) is 0 Å². The van der Waals surface area contributed by atoms with Gasteiger partial charge in [0.2, 0.25) is 0 Å². The van der Waals surface area contributed by atoms with Crippen molar-refractivity contribution >= 4 is 5.69 Å². The van der Waals surface area contributed by atoms with Gasteiger partial charge in [-0.05, 0) is 42.0 Å². The second kappa shape index (κ2) is 7.59. The van der Waals surface area contributed by atoms with Crippen molar-refractivity contribution in [1.82, 2.24) is 0 Å². The van der Waals surface area contributed by atoms with E-state index < -0.39 is 11.6 Å². The van der Waals surface area contributed by atoms with Crippen LogP contribution in [0.25, 0.3) is 0 Å². The highest BCUT2D eigenvalue weighted by molar-refractivity contribution is 5.46. The lowest BCUT2D eigenvalue weighted by molar-refractivity contribution is 0.146. The lowest BCUT2D eigenvalue weighted by Gasteiger charge is -2.09. The van der Waals surface area contributed by atoms with E-state index in [-0.39, 0.29) is 0 Å². The van der Waals surface area contributed by atoms with Crippen LogP contribution < -0.4 is 10.1 Å². The molecule has 5 heteroatoms. The quantitative estimate of drug-likeness (QED) is 0.791. The summed E-state index contributed by atoms with van der Waals surface area (Å²) in [4.78, 5) is 0. The van der Waals surface area contributed by atoms with Gasteiger partial charge in [0.1, 0.15) is 12.4 Å². The molecule has 0 aromatic heterocycles. The summed E-state index contributed by atoms with van der Waals surface area (Å²) >= 11 is 0. The molecule has 2 rings (SSSR count). The largest absolute Gasteiger partial charge is 0.491 e. The van der Waals surface area contributed by atoms with E-state index in [4.69, 9.17) is 9.47 Å². The Kier molecular flexibility index (Phi) is 5.51. The number of anilines is 1. The Bertz CT molecular complexity index is 573. The molecule has 21 heavy (non-hydrogen) atoms. The lowest BCUT2D eigenvalue weighted by Crippen LogP contribution is -2.04. The highest BCUT2D eigenvalue weighted by Crippen LogP contribution is 2.17. The zero-order chi connectivity index (χ0) is 15.1. The molecular weight excluding hydrogens is 276 g/mol. The van der Waals surface area contributed by atoms with Gasteiger partial charge in [-0.1, -0.05) is 6.07 Å². The smallest absolute Gasteiger partial charge is 0.159 e. The van der Waals surface area contributed by atoms with Crippen LogP contribution in [-0.2, 0) is 11.3 Å². The minimum absolute atomic E-state index is 0.418. The van der Waals surface area contributed by atoms with Crippen molar-refractivity contribution in [2.45, 2.75) is 6.54 Å². The second-order valence-electron chi connectivity index (χ2n) is 4.47. The Morgan fingerprint density at radius 2 is 1.71 bits per heavy atom. The topological polar surface area (TPSA) is 30.5 Å². The Labute approximate surface area is 122 Å². The molecule has 2 aromatic carbocycles. The molecule has 2 aromatic rings. The third kappa shape index (κ3) is 4.72. The summed E-state index contributed by atoms with van der Waals surface area (Å²) in [6, 6.07) is 11.3. The number of hydrogen-bond donors (Lipinski definition) is 1. The first-order valence-electron chi connectivity index (χ1n) is 6.58. The van der Waals surface area contributed by atoms with Gasteiger partial charge in [0.15, 0.2) is 11.6 Å². The predicted octanol–water partition coefficient (Wildman–Crippen LogP) is 3.60.